The van der Waals surface area contributed by atoms with E-state index in [-0.39, 0.29) is 12.3 Å². The summed E-state index contributed by atoms with van der Waals surface area (Å²) in [6.45, 7) is 1.95. The molecule has 3 heteroatoms. The van der Waals surface area contributed by atoms with Gasteiger partial charge in [0.15, 0.2) is 0 Å². The molecule has 0 saturated heterocycles. The smallest absolute Gasteiger partial charge is 0.218 e. The minimum absolute atomic E-state index is 0.136. The molecule has 1 amide bonds. The molecule has 0 aromatic rings. The van der Waals surface area contributed by atoms with Gasteiger partial charge >= 0.3 is 0 Å². The predicted molar refractivity (Wildman–Crippen MR) is 37.9 cm³/mol. The van der Waals surface area contributed by atoms with Gasteiger partial charge in [0.05, 0.1) is 0 Å². The average molecular weight is 142 g/mol. The summed E-state index contributed by atoms with van der Waals surface area (Å²) in [6.07, 6.45) is 3.50. The molecule has 0 aromatic heterocycles. The van der Waals surface area contributed by atoms with Crippen LogP contribution in [0.1, 0.15) is 26.2 Å². The zero-order valence-corrected chi connectivity index (χ0v) is 6.09. The third kappa shape index (κ3) is 4.06. The van der Waals surface area contributed by atoms with Crippen molar-refractivity contribution in [2.75, 3.05) is 0 Å². The summed E-state index contributed by atoms with van der Waals surface area (Å²) in [6, 6.07) is 0. The summed E-state index contributed by atoms with van der Waals surface area (Å²) in [5.74, 6) is -0.718. The Morgan fingerprint density at radius 2 is 2.30 bits per heavy atom. The van der Waals surface area contributed by atoms with Crippen LogP contribution < -0.4 is 5.73 Å². The number of primary amides is 1. The maximum Gasteiger partial charge on any atom is 0.218 e. The van der Waals surface area contributed by atoms with Gasteiger partial charge in [-0.05, 0) is 6.42 Å². The van der Waals surface area contributed by atoms with Crippen molar-refractivity contribution in [3.63, 3.8) is 0 Å². The predicted octanol–water partition coefficient (Wildman–Crippen LogP) is 0.388. The van der Waals surface area contributed by atoms with Crippen molar-refractivity contribution in [3.8, 4) is 0 Å². The van der Waals surface area contributed by atoms with Crippen molar-refractivity contribution in [3.05, 3.63) is 0 Å². The second-order valence-corrected chi connectivity index (χ2v) is 2.27. The van der Waals surface area contributed by atoms with Crippen molar-refractivity contribution in [2.45, 2.75) is 26.2 Å². The number of nitrogens with two attached hydrogens (primary N) is 1. The first-order chi connectivity index (χ1) is 4.70. The van der Waals surface area contributed by atoms with Crippen LogP contribution in [0.4, 0.5) is 0 Å². The van der Waals surface area contributed by atoms with Gasteiger partial charge in [0.2, 0.25) is 12.2 Å². The number of carbonyl (C=O) groups excluding carboxylic acids is 2. The van der Waals surface area contributed by atoms with Gasteiger partial charge in [-0.25, -0.2) is 0 Å². The van der Waals surface area contributed by atoms with Crippen LogP contribution in [0.2, 0.25) is 0 Å². The number of hydrogen-bond donors (Lipinski definition) is 1. The molecular weight excluding hydrogens is 130 g/mol. The largest absolute Gasteiger partial charge is 0.370 e. The lowest BCUT2D eigenvalue weighted by molar-refractivity contribution is -0.118. The first kappa shape index (κ1) is 9.14. The fourth-order valence-corrected chi connectivity index (χ4v) is 0.794. The molecule has 0 aliphatic rings. The molecule has 0 fully saturated rings. The van der Waals surface area contributed by atoms with E-state index in [2.05, 4.69) is 0 Å². The Labute approximate surface area is 60.6 Å². The Kier molecular flexibility index (Phi) is 4.54. The monoisotopic (exact) mass is 142 g/mol. The van der Waals surface area contributed by atoms with E-state index in [4.69, 9.17) is 5.73 Å². The van der Waals surface area contributed by atoms with Crippen molar-refractivity contribution in [2.24, 2.45) is 11.7 Å². The van der Waals surface area contributed by atoms with Gasteiger partial charge in [-0.15, -0.1) is 0 Å². The Hall–Kier alpha value is -0.860. The van der Waals surface area contributed by atoms with Crippen LogP contribution in [0.15, 0.2) is 0 Å². The fraction of sp³-hybridized carbons (Fsp3) is 0.714. The standard InChI is InChI=1S/C7H12NO2/c1-2-3-6(5-9)4-7(8)10/h6H,2-4H2,1H3,(H2,8,10). The van der Waals surface area contributed by atoms with E-state index in [9.17, 15) is 9.59 Å². The third-order valence-electron chi connectivity index (χ3n) is 1.25. The van der Waals surface area contributed by atoms with Crippen molar-refractivity contribution in [1.29, 1.82) is 0 Å². The molecule has 2 N–H and O–H groups in total. The highest BCUT2D eigenvalue weighted by Crippen LogP contribution is 2.06. The van der Waals surface area contributed by atoms with E-state index in [1.54, 1.807) is 6.29 Å². The van der Waals surface area contributed by atoms with Crippen molar-refractivity contribution < 1.29 is 9.59 Å². The van der Waals surface area contributed by atoms with Crippen LogP contribution in [0, 0.1) is 5.92 Å². The van der Waals surface area contributed by atoms with Crippen molar-refractivity contribution in [1.82, 2.24) is 0 Å². The average Bonchev–Trinajstić information content (AvgIpc) is 1.86. The molecule has 0 aliphatic heterocycles. The van der Waals surface area contributed by atoms with Crippen molar-refractivity contribution >= 4 is 12.2 Å². The summed E-state index contributed by atoms with van der Waals surface area (Å²) in [5.41, 5.74) is 4.88. The highest BCUT2D eigenvalue weighted by molar-refractivity contribution is 5.77. The maximum absolute atomic E-state index is 10.3. The van der Waals surface area contributed by atoms with E-state index < -0.39 is 5.91 Å². The molecule has 0 saturated carbocycles. The Morgan fingerprint density at radius 3 is 2.60 bits per heavy atom. The van der Waals surface area contributed by atoms with Crippen LogP contribution in [-0.4, -0.2) is 12.2 Å². The van der Waals surface area contributed by atoms with Gasteiger partial charge in [0.1, 0.15) is 0 Å². The topological polar surface area (TPSA) is 60.2 Å². The zero-order chi connectivity index (χ0) is 7.98. The van der Waals surface area contributed by atoms with Crippen LogP contribution >= 0.6 is 0 Å². The number of carbonyl (C=O) groups is 1. The second-order valence-electron chi connectivity index (χ2n) is 2.27. The quantitative estimate of drug-likeness (QED) is 0.603. The number of amides is 1. The Balaban J connectivity index is 3.59. The van der Waals surface area contributed by atoms with Crippen LogP contribution in [0.25, 0.3) is 0 Å². The molecule has 0 bridgehead atoms. The molecular formula is C7H12NO2. The van der Waals surface area contributed by atoms with E-state index in [0.29, 0.717) is 6.42 Å². The summed E-state index contributed by atoms with van der Waals surface area (Å²) >= 11 is 0. The first-order valence-electron chi connectivity index (χ1n) is 3.36. The van der Waals surface area contributed by atoms with Crippen LogP contribution in [0.3, 0.4) is 0 Å². The summed E-state index contributed by atoms with van der Waals surface area (Å²) in [4.78, 5) is 20.4. The van der Waals surface area contributed by atoms with Gasteiger partial charge in [-0.2, -0.15) is 0 Å². The summed E-state index contributed by atoms with van der Waals surface area (Å²) < 4.78 is 0. The van der Waals surface area contributed by atoms with Gasteiger partial charge in [0.25, 0.3) is 0 Å². The van der Waals surface area contributed by atoms with E-state index in [0.717, 1.165) is 6.42 Å². The molecule has 10 heavy (non-hydrogen) atoms. The van der Waals surface area contributed by atoms with E-state index in [1.807, 2.05) is 6.92 Å². The van der Waals surface area contributed by atoms with E-state index >= 15 is 0 Å². The minimum Gasteiger partial charge on any atom is -0.370 e. The van der Waals surface area contributed by atoms with Crippen LogP contribution in [-0.2, 0) is 9.59 Å². The molecule has 57 valence electrons. The maximum atomic E-state index is 10.3. The van der Waals surface area contributed by atoms with Crippen LogP contribution in [0.5, 0.6) is 0 Å². The molecule has 1 unspecified atom stereocenters. The highest BCUT2D eigenvalue weighted by Gasteiger charge is 2.09. The number of rotatable bonds is 5. The minimum atomic E-state index is -0.429. The molecule has 0 rings (SSSR count). The van der Waals surface area contributed by atoms with Gasteiger partial charge < -0.3 is 5.73 Å². The normalized spacial score (nSPS) is 12.5. The SMILES string of the molecule is CCCC([C]=O)CC(N)=O. The molecule has 1 atom stereocenters. The molecule has 0 heterocycles. The Bertz CT molecular complexity index is 123. The second kappa shape index (κ2) is 4.97. The summed E-state index contributed by atoms with van der Waals surface area (Å²) in [7, 11) is 0. The Morgan fingerprint density at radius 1 is 1.70 bits per heavy atom. The third-order valence-corrected chi connectivity index (χ3v) is 1.25. The molecule has 3 nitrogen and oxygen atoms in total. The van der Waals surface area contributed by atoms with Gasteiger partial charge in [-0.1, -0.05) is 13.3 Å². The summed E-state index contributed by atoms with van der Waals surface area (Å²) in [5, 5.41) is 0. The molecule has 1 radical (unpaired) electrons. The lowest BCUT2D eigenvalue weighted by Gasteiger charge is -2.02. The van der Waals surface area contributed by atoms with Gasteiger partial charge in [-0.3, -0.25) is 9.59 Å². The van der Waals surface area contributed by atoms with Gasteiger partial charge in [0, 0.05) is 12.3 Å². The first-order valence-corrected chi connectivity index (χ1v) is 3.36. The fourth-order valence-electron chi connectivity index (χ4n) is 0.794. The lowest BCUT2D eigenvalue weighted by atomic mass is 10.0. The molecule has 0 aliphatic carbocycles. The number of hydrogen-bond acceptors (Lipinski definition) is 2. The molecule has 0 spiro atoms. The lowest BCUT2D eigenvalue weighted by Crippen LogP contribution is -2.16. The zero-order valence-electron chi connectivity index (χ0n) is 6.09. The highest BCUT2D eigenvalue weighted by atomic mass is 16.1. The molecule has 0 aromatic carbocycles. The van der Waals surface area contributed by atoms with E-state index in [1.165, 1.54) is 0 Å².